The molecule has 6 nitrogen and oxygen atoms in total. The first-order valence-electron chi connectivity index (χ1n) is 6.46. The molecule has 2 N–H and O–H groups in total. The lowest BCUT2D eigenvalue weighted by atomic mass is 10.0. The number of ether oxygens (including phenoxy) is 2. The Balaban J connectivity index is 2.25. The van der Waals surface area contributed by atoms with Crippen LogP contribution in [0.15, 0.2) is 30.6 Å². The van der Waals surface area contributed by atoms with Crippen LogP contribution in [-0.2, 0) is 9.47 Å². The van der Waals surface area contributed by atoms with Gasteiger partial charge in [-0.3, -0.25) is 4.98 Å². The van der Waals surface area contributed by atoms with Crippen LogP contribution < -0.4 is 5.73 Å². The third-order valence-corrected chi connectivity index (χ3v) is 2.94. The van der Waals surface area contributed by atoms with E-state index in [4.69, 9.17) is 15.2 Å². The van der Waals surface area contributed by atoms with Crippen LogP contribution in [0.5, 0.6) is 0 Å². The third kappa shape index (κ3) is 3.76. The van der Waals surface area contributed by atoms with Gasteiger partial charge in [0.15, 0.2) is 0 Å². The van der Waals surface area contributed by atoms with Crippen molar-refractivity contribution in [2.75, 3.05) is 26.1 Å². The number of hydrogen-bond acceptors (Lipinski definition) is 6. The number of aromatic nitrogens is 2. The Labute approximate surface area is 122 Å². The Morgan fingerprint density at radius 2 is 2.05 bits per heavy atom. The average Bonchev–Trinajstić information content (AvgIpc) is 2.49. The first-order valence-corrected chi connectivity index (χ1v) is 6.46. The van der Waals surface area contributed by atoms with Gasteiger partial charge in [0.2, 0.25) is 0 Å². The van der Waals surface area contributed by atoms with Gasteiger partial charge in [0.05, 0.1) is 30.3 Å². The number of nitrogens with two attached hydrogens (primary N) is 1. The van der Waals surface area contributed by atoms with E-state index in [0.29, 0.717) is 23.7 Å². The number of carbonyl (C=O) groups excluding carboxylic acids is 1. The summed E-state index contributed by atoms with van der Waals surface area (Å²) in [6, 6.07) is 5.31. The molecule has 6 heteroatoms. The van der Waals surface area contributed by atoms with Crippen molar-refractivity contribution in [3.63, 3.8) is 0 Å². The summed E-state index contributed by atoms with van der Waals surface area (Å²) < 4.78 is 9.94. The summed E-state index contributed by atoms with van der Waals surface area (Å²) in [5, 5.41) is 0. The van der Waals surface area contributed by atoms with Crippen LogP contribution in [0.2, 0.25) is 0 Å². The van der Waals surface area contributed by atoms with Gasteiger partial charge in [-0.1, -0.05) is 6.07 Å². The lowest BCUT2D eigenvalue weighted by Gasteiger charge is -2.08. The molecular formula is C15H17N3O3. The number of benzene rings is 1. The fourth-order valence-corrected chi connectivity index (χ4v) is 1.80. The number of hydrogen-bond donors (Lipinski definition) is 1. The minimum absolute atomic E-state index is 0.222. The van der Waals surface area contributed by atoms with Crippen LogP contribution in [0, 0.1) is 6.92 Å². The van der Waals surface area contributed by atoms with Crippen molar-refractivity contribution >= 4 is 11.8 Å². The Morgan fingerprint density at radius 3 is 2.71 bits per heavy atom. The van der Waals surface area contributed by atoms with E-state index in [1.54, 1.807) is 25.4 Å². The third-order valence-electron chi connectivity index (χ3n) is 2.94. The number of nitrogens with zero attached hydrogens (tertiary/aromatic N) is 2. The number of rotatable bonds is 5. The maximum absolute atomic E-state index is 11.9. The molecule has 0 atom stereocenters. The molecule has 1 heterocycles. The number of nitrogen functional groups attached to an aromatic ring is 1. The summed E-state index contributed by atoms with van der Waals surface area (Å²) in [5.41, 5.74) is 8.46. The van der Waals surface area contributed by atoms with Gasteiger partial charge >= 0.3 is 5.97 Å². The van der Waals surface area contributed by atoms with Crippen LogP contribution in [0.3, 0.4) is 0 Å². The van der Waals surface area contributed by atoms with Gasteiger partial charge in [-0.2, -0.15) is 0 Å². The maximum Gasteiger partial charge on any atom is 0.338 e. The van der Waals surface area contributed by atoms with E-state index in [-0.39, 0.29) is 6.61 Å². The van der Waals surface area contributed by atoms with E-state index in [0.717, 1.165) is 11.1 Å². The molecule has 0 amide bonds. The summed E-state index contributed by atoms with van der Waals surface area (Å²) in [4.78, 5) is 20.2. The molecular weight excluding hydrogens is 270 g/mol. The molecule has 1 aromatic carbocycles. The fraction of sp³-hybridized carbons (Fsp3) is 0.267. The quantitative estimate of drug-likeness (QED) is 0.667. The van der Waals surface area contributed by atoms with E-state index in [9.17, 15) is 4.79 Å². The minimum atomic E-state index is -0.392. The largest absolute Gasteiger partial charge is 0.460 e. The molecule has 0 aliphatic rings. The number of aryl methyl sites for hydroxylation is 1. The van der Waals surface area contributed by atoms with Gasteiger partial charge in [-0.05, 0) is 24.6 Å². The molecule has 21 heavy (non-hydrogen) atoms. The molecule has 0 spiro atoms. The Bertz CT molecular complexity index is 627. The van der Waals surface area contributed by atoms with Gasteiger partial charge in [-0.25, -0.2) is 9.78 Å². The molecule has 0 aliphatic carbocycles. The molecule has 1 aromatic heterocycles. The predicted octanol–water partition coefficient (Wildman–Crippen LogP) is 1.84. The number of anilines is 1. The van der Waals surface area contributed by atoms with Crippen LogP contribution >= 0.6 is 0 Å². The van der Waals surface area contributed by atoms with E-state index >= 15 is 0 Å². The maximum atomic E-state index is 11.9. The normalized spacial score (nSPS) is 10.4. The van der Waals surface area contributed by atoms with Crippen molar-refractivity contribution in [1.29, 1.82) is 0 Å². The van der Waals surface area contributed by atoms with Gasteiger partial charge in [0.25, 0.3) is 0 Å². The first kappa shape index (κ1) is 14.9. The van der Waals surface area contributed by atoms with Gasteiger partial charge in [-0.15, -0.1) is 0 Å². The van der Waals surface area contributed by atoms with Crippen LogP contribution in [0.25, 0.3) is 11.3 Å². The van der Waals surface area contributed by atoms with E-state index in [1.165, 1.54) is 6.20 Å². The van der Waals surface area contributed by atoms with Crippen molar-refractivity contribution in [3.8, 4) is 11.3 Å². The monoisotopic (exact) mass is 287 g/mol. The summed E-state index contributed by atoms with van der Waals surface area (Å²) in [5.74, 6) is -0.0387. The zero-order valence-electron chi connectivity index (χ0n) is 12.0. The van der Waals surface area contributed by atoms with Crippen molar-refractivity contribution in [2.45, 2.75) is 6.92 Å². The predicted molar refractivity (Wildman–Crippen MR) is 78.8 cm³/mol. The van der Waals surface area contributed by atoms with Crippen LogP contribution in [-0.4, -0.2) is 36.3 Å². The van der Waals surface area contributed by atoms with E-state index < -0.39 is 5.97 Å². The molecule has 0 saturated carbocycles. The molecule has 2 aromatic rings. The van der Waals surface area contributed by atoms with Crippen LogP contribution in [0.1, 0.15) is 15.9 Å². The van der Waals surface area contributed by atoms with Gasteiger partial charge < -0.3 is 15.2 Å². The molecule has 0 aliphatic heterocycles. The second kappa shape index (κ2) is 6.81. The second-order valence-electron chi connectivity index (χ2n) is 4.48. The Kier molecular flexibility index (Phi) is 4.84. The molecule has 0 bridgehead atoms. The van der Waals surface area contributed by atoms with Crippen molar-refractivity contribution in [1.82, 2.24) is 9.97 Å². The second-order valence-corrected chi connectivity index (χ2v) is 4.48. The summed E-state index contributed by atoms with van der Waals surface area (Å²) in [6.45, 7) is 2.53. The zero-order chi connectivity index (χ0) is 15.2. The summed E-state index contributed by atoms with van der Waals surface area (Å²) in [7, 11) is 1.55. The smallest absolute Gasteiger partial charge is 0.338 e. The fourth-order valence-electron chi connectivity index (χ4n) is 1.80. The highest BCUT2D eigenvalue weighted by Crippen LogP contribution is 2.22. The summed E-state index contributed by atoms with van der Waals surface area (Å²) in [6.07, 6.45) is 3.07. The highest BCUT2D eigenvalue weighted by atomic mass is 16.6. The molecule has 110 valence electrons. The lowest BCUT2D eigenvalue weighted by Crippen LogP contribution is -2.10. The molecule has 0 fully saturated rings. The van der Waals surface area contributed by atoms with Gasteiger partial charge in [0, 0.05) is 12.7 Å². The van der Waals surface area contributed by atoms with Crippen LogP contribution in [0.4, 0.5) is 5.82 Å². The highest BCUT2D eigenvalue weighted by Gasteiger charge is 2.11. The molecule has 2 rings (SSSR count). The van der Waals surface area contributed by atoms with E-state index in [1.807, 2.05) is 13.0 Å². The molecule has 0 radical (unpaired) electrons. The standard InChI is InChI=1S/C15H17N3O3/c1-10-3-4-11(15(19)21-6-5-20-2)7-12(10)13-8-18-14(16)9-17-13/h3-4,7-9H,5-6H2,1-2H3,(H2,16,18). The molecule has 0 unspecified atom stereocenters. The highest BCUT2D eigenvalue weighted by molar-refractivity contribution is 5.91. The van der Waals surface area contributed by atoms with Crippen molar-refractivity contribution in [3.05, 3.63) is 41.7 Å². The Morgan fingerprint density at radius 1 is 1.24 bits per heavy atom. The number of esters is 1. The minimum Gasteiger partial charge on any atom is -0.460 e. The number of carbonyl (C=O) groups is 1. The average molecular weight is 287 g/mol. The number of methoxy groups -OCH3 is 1. The Hall–Kier alpha value is -2.47. The zero-order valence-corrected chi connectivity index (χ0v) is 12.0. The SMILES string of the molecule is COCCOC(=O)c1ccc(C)c(-c2cnc(N)cn2)c1. The van der Waals surface area contributed by atoms with E-state index in [2.05, 4.69) is 9.97 Å². The lowest BCUT2D eigenvalue weighted by molar-refractivity contribution is 0.0388. The summed E-state index contributed by atoms with van der Waals surface area (Å²) >= 11 is 0. The van der Waals surface area contributed by atoms with Gasteiger partial charge in [0.1, 0.15) is 12.4 Å². The van der Waals surface area contributed by atoms with Crippen molar-refractivity contribution < 1.29 is 14.3 Å². The molecule has 0 saturated heterocycles. The first-order chi connectivity index (χ1) is 10.1. The van der Waals surface area contributed by atoms with Crippen molar-refractivity contribution in [2.24, 2.45) is 0 Å². The topological polar surface area (TPSA) is 87.3 Å².